The third-order valence-electron chi connectivity index (χ3n) is 3.93. The van der Waals surface area contributed by atoms with Gasteiger partial charge in [-0.25, -0.2) is 5.43 Å². The monoisotopic (exact) mass is 378 g/mol. The van der Waals surface area contributed by atoms with Gasteiger partial charge in [-0.3, -0.25) is 9.59 Å². The third kappa shape index (κ3) is 4.27. The van der Waals surface area contributed by atoms with Crippen molar-refractivity contribution < 1.29 is 24.2 Å². The average Bonchev–Trinajstić information content (AvgIpc) is 2.68. The lowest BCUT2D eigenvalue weighted by Crippen LogP contribution is -2.17. The fraction of sp³-hybridized carbons (Fsp3) is 0.0952. The number of aromatic hydroxyl groups is 1. The summed E-state index contributed by atoms with van der Waals surface area (Å²) in [5.41, 5.74) is 3.13. The normalized spacial score (nSPS) is 10.8. The van der Waals surface area contributed by atoms with Crippen LogP contribution in [0.25, 0.3) is 10.8 Å². The summed E-state index contributed by atoms with van der Waals surface area (Å²) in [6.45, 7) is 1.30. The molecule has 7 nitrogen and oxygen atoms in total. The van der Waals surface area contributed by atoms with Gasteiger partial charge >= 0.3 is 5.97 Å². The van der Waals surface area contributed by atoms with Gasteiger partial charge in [-0.15, -0.1) is 0 Å². The molecule has 1 amide bonds. The largest absolute Gasteiger partial charge is 0.507 e. The van der Waals surface area contributed by atoms with Crippen molar-refractivity contribution in [2.24, 2.45) is 5.10 Å². The number of amides is 1. The van der Waals surface area contributed by atoms with Crippen molar-refractivity contribution in [3.8, 4) is 17.2 Å². The maximum Gasteiger partial charge on any atom is 0.308 e. The SMILES string of the molecule is COc1cc(/C=N\NC(=O)c2cc3ccccc3cc2O)ccc1OC(C)=O. The smallest absolute Gasteiger partial charge is 0.308 e. The van der Waals surface area contributed by atoms with Crippen molar-refractivity contribution in [1.29, 1.82) is 0 Å². The molecule has 3 rings (SSSR count). The predicted octanol–water partition coefficient (Wildman–Crippen LogP) is 3.24. The van der Waals surface area contributed by atoms with E-state index < -0.39 is 11.9 Å². The first-order chi connectivity index (χ1) is 13.5. The number of hydrogen-bond acceptors (Lipinski definition) is 6. The maximum atomic E-state index is 12.3. The average molecular weight is 378 g/mol. The summed E-state index contributed by atoms with van der Waals surface area (Å²) >= 11 is 0. The van der Waals surface area contributed by atoms with Gasteiger partial charge < -0.3 is 14.6 Å². The lowest BCUT2D eigenvalue weighted by Gasteiger charge is -2.08. The Hall–Kier alpha value is -3.87. The number of hydrogen-bond donors (Lipinski definition) is 2. The minimum absolute atomic E-state index is 0.124. The molecule has 7 heteroatoms. The van der Waals surface area contributed by atoms with E-state index in [0.717, 1.165) is 10.8 Å². The third-order valence-corrected chi connectivity index (χ3v) is 3.93. The van der Waals surface area contributed by atoms with Crippen molar-refractivity contribution in [2.45, 2.75) is 6.92 Å². The molecule has 3 aromatic carbocycles. The van der Waals surface area contributed by atoms with Crippen molar-refractivity contribution in [3.05, 3.63) is 65.7 Å². The second-order valence-electron chi connectivity index (χ2n) is 5.92. The van der Waals surface area contributed by atoms with Gasteiger partial charge in [0.15, 0.2) is 11.5 Å². The van der Waals surface area contributed by atoms with Gasteiger partial charge in [-0.2, -0.15) is 5.10 Å². The van der Waals surface area contributed by atoms with Crippen LogP contribution in [0.2, 0.25) is 0 Å². The molecule has 0 aromatic heterocycles. The highest BCUT2D eigenvalue weighted by molar-refractivity contribution is 6.01. The molecule has 3 aromatic rings. The zero-order chi connectivity index (χ0) is 20.1. The van der Waals surface area contributed by atoms with Crippen LogP contribution in [0.5, 0.6) is 17.2 Å². The van der Waals surface area contributed by atoms with Crippen LogP contribution in [0.15, 0.2) is 59.7 Å². The van der Waals surface area contributed by atoms with E-state index in [1.807, 2.05) is 24.3 Å². The highest BCUT2D eigenvalue weighted by Gasteiger charge is 2.12. The number of benzene rings is 3. The number of hydrazone groups is 1. The number of esters is 1. The number of ether oxygens (including phenoxy) is 2. The van der Waals surface area contributed by atoms with E-state index in [4.69, 9.17) is 9.47 Å². The molecule has 0 aliphatic rings. The number of phenolic OH excluding ortho intramolecular Hbond substituents is 1. The molecule has 0 aliphatic heterocycles. The standard InChI is InChI=1S/C21H18N2O5/c1-13(24)28-19-8-7-14(9-20(19)27-2)12-22-23-21(26)17-10-15-5-3-4-6-16(15)11-18(17)25/h3-12,25H,1-2H3,(H,23,26)/b22-12-. The Morgan fingerprint density at radius 1 is 1.04 bits per heavy atom. The summed E-state index contributed by atoms with van der Waals surface area (Å²) in [5, 5.41) is 15.7. The Balaban J connectivity index is 1.75. The van der Waals surface area contributed by atoms with E-state index in [-0.39, 0.29) is 17.1 Å². The summed E-state index contributed by atoms with van der Waals surface area (Å²) in [7, 11) is 1.45. The lowest BCUT2D eigenvalue weighted by atomic mass is 10.1. The van der Waals surface area contributed by atoms with Crippen molar-refractivity contribution >= 4 is 28.9 Å². The summed E-state index contributed by atoms with van der Waals surface area (Å²) in [6, 6.07) is 15.4. The van der Waals surface area contributed by atoms with Crippen molar-refractivity contribution in [2.75, 3.05) is 7.11 Å². The molecule has 0 heterocycles. The van der Waals surface area contributed by atoms with Crippen LogP contribution in [0.1, 0.15) is 22.8 Å². The van der Waals surface area contributed by atoms with Crippen LogP contribution in [0.3, 0.4) is 0 Å². The zero-order valence-electron chi connectivity index (χ0n) is 15.3. The lowest BCUT2D eigenvalue weighted by molar-refractivity contribution is -0.132. The van der Waals surface area contributed by atoms with Gasteiger partial charge in [0.05, 0.1) is 18.9 Å². The molecule has 0 saturated heterocycles. The molecule has 2 N–H and O–H groups in total. The Labute approximate surface area is 161 Å². The van der Waals surface area contributed by atoms with Crippen LogP contribution in [0, 0.1) is 0 Å². The minimum atomic E-state index is -0.539. The Bertz CT molecular complexity index is 1080. The van der Waals surface area contributed by atoms with E-state index in [1.165, 1.54) is 26.3 Å². The van der Waals surface area contributed by atoms with E-state index in [0.29, 0.717) is 11.3 Å². The van der Waals surface area contributed by atoms with E-state index >= 15 is 0 Å². The number of rotatable bonds is 5. The van der Waals surface area contributed by atoms with Gasteiger partial charge in [0, 0.05) is 6.92 Å². The summed E-state index contributed by atoms with van der Waals surface area (Å²) < 4.78 is 10.2. The van der Waals surface area contributed by atoms with E-state index in [9.17, 15) is 14.7 Å². The van der Waals surface area contributed by atoms with Gasteiger partial charge in [-0.1, -0.05) is 24.3 Å². The molecule has 0 saturated carbocycles. The van der Waals surface area contributed by atoms with E-state index in [1.54, 1.807) is 24.3 Å². The van der Waals surface area contributed by atoms with Crippen LogP contribution in [-0.4, -0.2) is 30.3 Å². The zero-order valence-corrected chi connectivity index (χ0v) is 15.3. The highest BCUT2D eigenvalue weighted by Crippen LogP contribution is 2.28. The molecular formula is C21H18N2O5. The van der Waals surface area contributed by atoms with Crippen molar-refractivity contribution in [3.63, 3.8) is 0 Å². The second-order valence-corrected chi connectivity index (χ2v) is 5.92. The number of nitrogens with zero attached hydrogens (tertiary/aromatic N) is 1. The molecule has 0 unspecified atom stereocenters. The number of carbonyl (C=O) groups excluding carboxylic acids is 2. The maximum absolute atomic E-state index is 12.3. The quantitative estimate of drug-likeness (QED) is 0.307. The molecular weight excluding hydrogens is 360 g/mol. The fourth-order valence-corrected chi connectivity index (χ4v) is 2.64. The fourth-order valence-electron chi connectivity index (χ4n) is 2.64. The first kappa shape index (κ1) is 18.9. The Morgan fingerprint density at radius 3 is 2.43 bits per heavy atom. The first-order valence-electron chi connectivity index (χ1n) is 8.39. The van der Waals surface area contributed by atoms with E-state index in [2.05, 4.69) is 10.5 Å². The number of fused-ring (bicyclic) bond motifs is 1. The molecule has 0 spiro atoms. The number of phenols is 1. The first-order valence-corrected chi connectivity index (χ1v) is 8.39. The second kappa shape index (κ2) is 8.22. The van der Waals surface area contributed by atoms with Crippen LogP contribution in [-0.2, 0) is 4.79 Å². The summed E-state index contributed by atoms with van der Waals surface area (Å²) in [5.74, 6) is -0.473. The Kier molecular flexibility index (Phi) is 5.55. The number of methoxy groups -OCH3 is 1. The van der Waals surface area contributed by atoms with Gasteiger partial charge in [-0.05, 0) is 46.7 Å². The molecule has 0 bridgehead atoms. The molecule has 28 heavy (non-hydrogen) atoms. The molecule has 0 radical (unpaired) electrons. The summed E-state index contributed by atoms with van der Waals surface area (Å²) in [4.78, 5) is 23.4. The van der Waals surface area contributed by atoms with Crippen molar-refractivity contribution in [1.82, 2.24) is 5.43 Å². The summed E-state index contributed by atoms with van der Waals surface area (Å²) in [6.07, 6.45) is 1.41. The van der Waals surface area contributed by atoms with Gasteiger partial charge in [0.25, 0.3) is 5.91 Å². The van der Waals surface area contributed by atoms with Gasteiger partial charge in [0.2, 0.25) is 0 Å². The molecule has 0 atom stereocenters. The molecule has 142 valence electrons. The highest BCUT2D eigenvalue weighted by atomic mass is 16.6. The van der Waals surface area contributed by atoms with Crippen LogP contribution < -0.4 is 14.9 Å². The van der Waals surface area contributed by atoms with Crippen LogP contribution in [0.4, 0.5) is 0 Å². The number of carbonyl (C=O) groups is 2. The predicted molar refractivity (Wildman–Crippen MR) is 105 cm³/mol. The minimum Gasteiger partial charge on any atom is -0.507 e. The molecule has 0 aliphatic carbocycles. The van der Waals surface area contributed by atoms with Crippen LogP contribution >= 0.6 is 0 Å². The Morgan fingerprint density at radius 2 is 1.75 bits per heavy atom. The van der Waals surface area contributed by atoms with Gasteiger partial charge in [0.1, 0.15) is 5.75 Å². The topological polar surface area (TPSA) is 97.2 Å². The molecule has 0 fully saturated rings. The number of nitrogens with one attached hydrogen (secondary N) is 1.